The van der Waals surface area contributed by atoms with Gasteiger partial charge in [0.2, 0.25) is 0 Å². The molecule has 0 amide bonds. The SMILES string of the molecule is C=CN=C(c1cc(CC)sc1C)N1CCN(C(=C)N=C/C=C\CC)CC1. The van der Waals surface area contributed by atoms with Crippen molar-refractivity contribution in [3.05, 3.63) is 58.7 Å². The number of nitrogens with zero attached hydrogens (tertiary/aromatic N) is 4. The fraction of sp³-hybridized carbons (Fsp3) is 0.429. The lowest BCUT2D eigenvalue weighted by Crippen LogP contribution is -2.48. The summed E-state index contributed by atoms with van der Waals surface area (Å²) in [4.78, 5) is 16.3. The quantitative estimate of drug-likeness (QED) is 0.517. The topological polar surface area (TPSA) is 31.2 Å². The first-order valence-corrected chi connectivity index (χ1v) is 10.1. The number of aliphatic imine (C=N–C) groups is 2. The lowest BCUT2D eigenvalue weighted by molar-refractivity contribution is 0.221. The molecule has 4 nitrogen and oxygen atoms in total. The summed E-state index contributed by atoms with van der Waals surface area (Å²) in [7, 11) is 0. The van der Waals surface area contributed by atoms with Crippen molar-refractivity contribution < 1.29 is 0 Å². The normalized spacial score (nSPS) is 16.0. The third kappa shape index (κ3) is 5.18. The third-order valence-electron chi connectivity index (χ3n) is 4.40. The van der Waals surface area contributed by atoms with Gasteiger partial charge in [-0.3, -0.25) is 0 Å². The van der Waals surface area contributed by atoms with Gasteiger partial charge in [-0.05, 0) is 31.9 Å². The highest BCUT2D eigenvalue weighted by atomic mass is 32.1. The second kappa shape index (κ2) is 10.1. The van der Waals surface area contributed by atoms with Crippen LogP contribution in [0.15, 0.2) is 53.4 Å². The Morgan fingerprint density at radius 3 is 2.50 bits per heavy atom. The summed E-state index contributed by atoms with van der Waals surface area (Å²) < 4.78 is 0. The van der Waals surface area contributed by atoms with E-state index < -0.39 is 0 Å². The van der Waals surface area contributed by atoms with Crippen LogP contribution < -0.4 is 0 Å². The Kier molecular flexibility index (Phi) is 7.85. The molecule has 140 valence electrons. The van der Waals surface area contributed by atoms with Crippen molar-refractivity contribution >= 4 is 23.4 Å². The Morgan fingerprint density at radius 2 is 1.92 bits per heavy atom. The molecule has 2 rings (SSSR count). The maximum atomic E-state index is 4.60. The minimum Gasteiger partial charge on any atom is -0.354 e. The molecule has 0 aromatic carbocycles. The molecule has 1 aliphatic heterocycles. The predicted molar refractivity (Wildman–Crippen MR) is 115 cm³/mol. The number of allylic oxidation sites excluding steroid dienone is 2. The van der Waals surface area contributed by atoms with Crippen molar-refractivity contribution in [1.82, 2.24) is 9.80 Å². The number of hydrogen-bond donors (Lipinski definition) is 0. The maximum absolute atomic E-state index is 4.60. The number of piperazine rings is 1. The van der Waals surface area contributed by atoms with Crippen LogP contribution in [0.2, 0.25) is 0 Å². The zero-order valence-electron chi connectivity index (χ0n) is 16.2. The standard InChI is InChI=1S/C21H30N4S/c1-6-9-10-11-23-18(5)24-12-14-25(15-13-24)21(22-8-3)20-16-19(7-2)26-17(20)4/h8-11,16H,3,5-7,12-15H2,1-2,4H3/b10-9-,22-21?,23-11?. The van der Waals surface area contributed by atoms with Gasteiger partial charge in [0.15, 0.2) is 0 Å². The summed E-state index contributed by atoms with van der Waals surface area (Å²) >= 11 is 1.86. The van der Waals surface area contributed by atoms with E-state index in [4.69, 9.17) is 0 Å². The minimum atomic E-state index is 0.826. The van der Waals surface area contributed by atoms with Gasteiger partial charge in [-0.2, -0.15) is 0 Å². The Labute approximate surface area is 162 Å². The average molecular weight is 371 g/mol. The van der Waals surface area contributed by atoms with Crippen LogP contribution in [-0.4, -0.2) is 48.0 Å². The molecule has 1 saturated heterocycles. The van der Waals surface area contributed by atoms with E-state index >= 15 is 0 Å². The van der Waals surface area contributed by atoms with Gasteiger partial charge in [-0.15, -0.1) is 11.3 Å². The predicted octanol–water partition coefficient (Wildman–Crippen LogP) is 4.63. The van der Waals surface area contributed by atoms with Crippen molar-refractivity contribution in [2.75, 3.05) is 26.2 Å². The van der Waals surface area contributed by atoms with Gasteiger partial charge < -0.3 is 9.80 Å². The van der Waals surface area contributed by atoms with Gasteiger partial charge >= 0.3 is 0 Å². The molecule has 0 bridgehead atoms. The molecule has 5 heteroatoms. The van der Waals surface area contributed by atoms with Crippen LogP contribution in [0.5, 0.6) is 0 Å². The summed E-state index contributed by atoms with van der Waals surface area (Å²) in [6.07, 6.45) is 9.61. The molecule has 0 atom stereocenters. The zero-order chi connectivity index (χ0) is 18.9. The van der Waals surface area contributed by atoms with Crippen LogP contribution >= 0.6 is 11.3 Å². The first kappa shape index (κ1) is 20.2. The zero-order valence-corrected chi connectivity index (χ0v) is 17.1. The molecular formula is C21H30N4S. The van der Waals surface area contributed by atoms with E-state index in [1.807, 2.05) is 23.6 Å². The minimum absolute atomic E-state index is 0.826. The van der Waals surface area contributed by atoms with Gasteiger partial charge in [-0.1, -0.05) is 33.1 Å². The molecule has 0 saturated carbocycles. The highest BCUT2D eigenvalue weighted by Crippen LogP contribution is 2.25. The van der Waals surface area contributed by atoms with Gasteiger partial charge in [-0.25, -0.2) is 9.98 Å². The van der Waals surface area contributed by atoms with E-state index in [0.29, 0.717) is 0 Å². The second-order valence-corrected chi connectivity index (χ2v) is 7.52. The molecule has 0 unspecified atom stereocenters. The number of amidine groups is 1. The molecule has 1 aliphatic rings. The fourth-order valence-corrected chi connectivity index (χ4v) is 3.91. The first-order chi connectivity index (χ1) is 12.6. The van der Waals surface area contributed by atoms with Crippen molar-refractivity contribution in [2.45, 2.75) is 33.6 Å². The molecule has 26 heavy (non-hydrogen) atoms. The monoisotopic (exact) mass is 370 g/mol. The molecule has 1 aromatic heterocycles. The molecule has 0 N–H and O–H groups in total. The van der Waals surface area contributed by atoms with Crippen LogP contribution in [0.3, 0.4) is 0 Å². The summed E-state index contributed by atoms with van der Waals surface area (Å²) in [5.41, 5.74) is 1.24. The second-order valence-electron chi connectivity index (χ2n) is 6.18. The summed E-state index contributed by atoms with van der Waals surface area (Å²) in [6.45, 7) is 18.0. The van der Waals surface area contributed by atoms with Gasteiger partial charge in [0.25, 0.3) is 0 Å². The van der Waals surface area contributed by atoms with Crippen LogP contribution in [0, 0.1) is 6.92 Å². The third-order valence-corrected chi connectivity index (χ3v) is 5.59. The number of thiophene rings is 1. The van der Waals surface area contributed by atoms with Crippen LogP contribution in [0.25, 0.3) is 0 Å². The maximum Gasteiger partial charge on any atom is 0.137 e. The van der Waals surface area contributed by atoms with E-state index in [0.717, 1.165) is 50.7 Å². The largest absolute Gasteiger partial charge is 0.354 e. The lowest BCUT2D eigenvalue weighted by atomic mass is 10.1. The van der Waals surface area contributed by atoms with Crippen molar-refractivity contribution in [3.63, 3.8) is 0 Å². The molecule has 0 spiro atoms. The van der Waals surface area contributed by atoms with Crippen LogP contribution in [0.4, 0.5) is 0 Å². The van der Waals surface area contributed by atoms with Gasteiger partial charge in [0.05, 0.1) is 0 Å². The Bertz CT molecular complexity index is 704. The molecule has 1 fully saturated rings. The molecule has 1 aromatic rings. The highest BCUT2D eigenvalue weighted by Gasteiger charge is 2.23. The smallest absolute Gasteiger partial charge is 0.137 e. The number of aryl methyl sites for hydroxylation is 2. The van der Waals surface area contributed by atoms with Crippen molar-refractivity contribution in [3.8, 4) is 0 Å². The molecular weight excluding hydrogens is 340 g/mol. The number of rotatable bonds is 7. The molecule has 2 heterocycles. The number of hydrogen-bond acceptors (Lipinski definition) is 4. The Hall–Kier alpha value is -2.14. The van der Waals surface area contributed by atoms with Gasteiger partial charge in [0.1, 0.15) is 11.7 Å². The summed E-state index contributed by atoms with van der Waals surface area (Å²) in [6, 6.07) is 2.28. The van der Waals surface area contributed by atoms with E-state index in [1.165, 1.54) is 15.3 Å². The summed E-state index contributed by atoms with van der Waals surface area (Å²) in [5.74, 6) is 1.86. The van der Waals surface area contributed by atoms with E-state index in [2.05, 4.69) is 65.9 Å². The van der Waals surface area contributed by atoms with Crippen LogP contribution in [-0.2, 0) is 6.42 Å². The van der Waals surface area contributed by atoms with Crippen LogP contribution in [0.1, 0.15) is 35.6 Å². The summed E-state index contributed by atoms with van der Waals surface area (Å²) in [5, 5.41) is 0. The molecule has 0 radical (unpaired) electrons. The Morgan fingerprint density at radius 1 is 1.23 bits per heavy atom. The van der Waals surface area contributed by atoms with E-state index in [9.17, 15) is 0 Å². The fourth-order valence-electron chi connectivity index (χ4n) is 2.93. The van der Waals surface area contributed by atoms with E-state index in [-0.39, 0.29) is 0 Å². The Balaban J connectivity index is 2.04. The van der Waals surface area contributed by atoms with Crippen molar-refractivity contribution in [1.29, 1.82) is 0 Å². The highest BCUT2D eigenvalue weighted by molar-refractivity contribution is 7.12. The van der Waals surface area contributed by atoms with E-state index in [1.54, 1.807) is 6.20 Å². The average Bonchev–Trinajstić information content (AvgIpc) is 3.04. The van der Waals surface area contributed by atoms with Gasteiger partial charge in [0, 0.05) is 53.9 Å². The van der Waals surface area contributed by atoms with Crippen molar-refractivity contribution in [2.24, 2.45) is 9.98 Å². The lowest BCUT2D eigenvalue weighted by Gasteiger charge is -2.37. The first-order valence-electron chi connectivity index (χ1n) is 9.27. The molecule has 0 aliphatic carbocycles.